The van der Waals surface area contributed by atoms with Crippen LogP contribution in [0.3, 0.4) is 0 Å². The van der Waals surface area contributed by atoms with Crippen LogP contribution in [0.15, 0.2) is 72.6 Å². The Hall–Kier alpha value is -2.18. The molecule has 0 radical (unpaired) electrons. The maximum atomic E-state index is 14.6. The molecule has 3 unspecified atom stereocenters. The van der Waals surface area contributed by atoms with Crippen LogP contribution in [-0.4, -0.2) is 6.11 Å². The maximum absolute atomic E-state index is 14.6. The lowest BCUT2D eigenvalue weighted by molar-refractivity contribution is -0.178. The molecule has 0 saturated heterocycles. The lowest BCUT2D eigenvalue weighted by atomic mass is 9.83. The Morgan fingerprint density at radius 1 is 0.788 bits per heavy atom. The van der Waals surface area contributed by atoms with E-state index in [1.807, 2.05) is 0 Å². The third-order valence-corrected chi connectivity index (χ3v) is 5.72. The second-order valence-corrected chi connectivity index (χ2v) is 9.02. The Morgan fingerprint density at radius 2 is 1.27 bits per heavy atom. The van der Waals surface area contributed by atoms with Crippen LogP contribution in [0.25, 0.3) is 0 Å². The second-order valence-electron chi connectivity index (χ2n) is 9.02. The van der Waals surface area contributed by atoms with Crippen molar-refractivity contribution in [3.8, 4) is 0 Å². The molecule has 0 aromatic heterocycles. The van der Waals surface area contributed by atoms with E-state index in [2.05, 4.69) is 58.7 Å². The molecule has 0 heterocycles. The molecule has 0 aliphatic carbocycles. The number of allylic oxidation sites excluding steroid dienone is 5. The van der Waals surface area contributed by atoms with Crippen molar-refractivity contribution in [3.63, 3.8) is 0 Å². The molecule has 33 heavy (non-hydrogen) atoms. The lowest BCUT2D eigenvalue weighted by Crippen LogP contribution is -2.23. The largest absolute Gasteiger partial charge is 0.429 e. The zero-order valence-corrected chi connectivity index (χ0v) is 20.2. The topological polar surface area (TPSA) is 9.23 Å². The van der Waals surface area contributed by atoms with Crippen molar-refractivity contribution in [2.24, 2.45) is 23.7 Å². The highest BCUT2D eigenvalue weighted by Crippen LogP contribution is 2.38. The molecule has 0 saturated carbocycles. The van der Waals surface area contributed by atoms with Crippen molar-refractivity contribution >= 4 is 0 Å². The molecule has 0 amide bonds. The molecule has 0 rings (SSSR count). The van der Waals surface area contributed by atoms with E-state index < -0.39 is 46.7 Å². The Morgan fingerprint density at radius 3 is 1.73 bits per heavy atom. The van der Waals surface area contributed by atoms with Gasteiger partial charge < -0.3 is 4.74 Å². The van der Waals surface area contributed by atoms with Crippen molar-refractivity contribution in [2.75, 3.05) is 0 Å². The molecule has 0 bridgehead atoms. The Balaban J connectivity index is 5.18. The molecule has 1 nitrogen and oxygen atoms in total. The Bertz CT molecular complexity index is 791. The third kappa shape index (κ3) is 10.5. The molecule has 0 aromatic carbocycles. The highest BCUT2D eigenvalue weighted by molar-refractivity contribution is 5.38. The highest BCUT2D eigenvalue weighted by Gasteiger charge is 2.40. The molecule has 0 spiro atoms. The summed E-state index contributed by atoms with van der Waals surface area (Å²) in [5.74, 6) is -6.73. The molecule has 3 atom stereocenters. The smallest absolute Gasteiger partial charge is 0.429 e. The third-order valence-electron chi connectivity index (χ3n) is 5.72. The maximum Gasteiger partial charge on any atom is 0.429 e. The van der Waals surface area contributed by atoms with Gasteiger partial charge in [-0.1, -0.05) is 73.8 Å². The molecule has 188 valence electrons. The van der Waals surface area contributed by atoms with Crippen molar-refractivity contribution in [1.29, 1.82) is 0 Å². The number of ether oxygens (including phenoxy) is 1. The molecule has 0 aliphatic heterocycles. The summed E-state index contributed by atoms with van der Waals surface area (Å²) < 4.78 is 87.1. The van der Waals surface area contributed by atoms with Crippen LogP contribution in [-0.2, 0) is 4.74 Å². The predicted molar refractivity (Wildman–Crippen MR) is 123 cm³/mol. The van der Waals surface area contributed by atoms with Crippen LogP contribution in [0.2, 0.25) is 0 Å². The van der Waals surface area contributed by atoms with Gasteiger partial charge in [-0.15, -0.1) is 0 Å². The number of hydrogen-bond donors (Lipinski definition) is 0. The van der Waals surface area contributed by atoms with E-state index in [-0.39, 0.29) is 11.6 Å². The standard InChI is InChI=1S/C26H36F6O/c1-15(2)10-11-16(3)17(4)12-13-18(5)20(7)24(29)25(30)21(8)26(31,32)33-19(6)14-23(28)22(9)27/h14-18H,6-13H2,1-5H3/b23-14+,25-24-. The predicted octanol–water partition coefficient (Wildman–Crippen LogP) is 9.83. The summed E-state index contributed by atoms with van der Waals surface area (Å²) in [6, 6.07) is 0. The summed E-state index contributed by atoms with van der Waals surface area (Å²) in [5, 5.41) is 0. The molecule has 0 fully saturated rings. The molecule has 7 heteroatoms. The summed E-state index contributed by atoms with van der Waals surface area (Å²) in [6.07, 6.45) is -0.850. The fourth-order valence-electron chi connectivity index (χ4n) is 2.95. The Labute approximate surface area is 194 Å². The van der Waals surface area contributed by atoms with Crippen molar-refractivity contribution < 1.29 is 31.1 Å². The van der Waals surface area contributed by atoms with Gasteiger partial charge >= 0.3 is 6.11 Å². The van der Waals surface area contributed by atoms with Gasteiger partial charge in [-0.25, -0.2) is 17.6 Å². The van der Waals surface area contributed by atoms with Crippen LogP contribution in [0.5, 0.6) is 0 Å². The van der Waals surface area contributed by atoms with Crippen molar-refractivity contribution in [3.05, 3.63) is 72.6 Å². The lowest BCUT2D eigenvalue weighted by Gasteiger charge is -2.23. The molecule has 0 aromatic rings. The van der Waals surface area contributed by atoms with Gasteiger partial charge in [-0.3, -0.25) is 0 Å². The fraction of sp³-hybridized carbons (Fsp3) is 0.538. The first-order chi connectivity index (χ1) is 15.0. The van der Waals surface area contributed by atoms with E-state index in [4.69, 9.17) is 0 Å². The SMILES string of the molecule is C=C(/C=C(/F)C(=C)F)OC(F)(F)C(=C)/C(F)=C(/F)C(=C)C(C)CCC(C)C(C)CCC(C)C. The number of rotatable bonds is 15. The zero-order valence-electron chi connectivity index (χ0n) is 20.2. The van der Waals surface area contributed by atoms with Gasteiger partial charge in [-0.2, -0.15) is 8.78 Å². The normalized spacial score (nSPS) is 16.1. The average Bonchev–Trinajstić information content (AvgIpc) is 2.72. The summed E-state index contributed by atoms with van der Waals surface area (Å²) in [7, 11) is 0. The number of alkyl halides is 2. The minimum atomic E-state index is -4.46. The van der Waals surface area contributed by atoms with Gasteiger partial charge in [0.2, 0.25) is 0 Å². The number of hydrogen-bond acceptors (Lipinski definition) is 1. The van der Waals surface area contributed by atoms with Crippen LogP contribution in [0.1, 0.15) is 60.3 Å². The van der Waals surface area contributed by atoms with E-state index in [1.54, 1.807) is 6.92 Å². The van der Waals surface area contributed by atoms with E-state index >= 15 is 0 Å². The first-order valence-electron chi connectivity index (χ1n) is 10.9. The second kappa shape index (κ2) is 13.5. The van der Waals surface area contributed by atoms with Crippen LogP contribution < -0.4 is 0 Å². The monoisotopic (exact) mass is 478 g/mol. The minimum absolute atomic E-state index is 0.200. The van der Waals surface area contributed by atoms with Crippen LogP contribution in [0.4, 0.5) is 26.3 Å². The van der Waals surface area contributed by atoms with E-state index in [9.17, 15) is 26.3 Å². The van der Waals surface area contributed by atoms with E-state index in [0.717, 1.165) is 19.3 Å². The van der Waals surface area contributed by atoms with Gasteiger partial charge in [-0.05, 0) is 42.1 Å². The quantitative estimate of drug-likeness (QED) is 0.129. The van der Waals surface area contributed by atoms with E-state index in [0.29, 0.717) is 24.2 Å². The van der Waals surface area contributed by atoms with Gasteiger partial charge in [0.05, 0.1) is 5.57 Å². The summed E-state index contributed by atoms with van der Waals surface area (Å²) >= 11 is 0. The summed E-state index contributed by atoms with van der Waals surface area (Å²) in [6.45, 7) is 22.2. The summed E-state index contributed by atoms with van der Waals surface area (Å²) in [4.78, 5) is 0. The van der Waals surface area contributed by atoms with Crippen LogP contribution in [0, 0.1) is 23.7 Å². The molecular formula is C26H36F6O. The number of halogens is 6. The van der Waals surface area contributed by atoms with Gasteiger partial charge in [0, 0.05) is 6.08 Å². The fourth-order valence-corrected chi connectivity index (χ4v) is 2.95. The zero-order chi connectivity index (χ0) is 26.1. The van der Waals surface area contributed by atoms with Crippen LogP contribution >= 0.6 is 0 Å². The first-order valence-corrected chi connectivity index (χ1v) is 10.9. The minimum Gasteiger partial charge on any atom is -0.429 e. The van der Waals surface area contributed by atoms with Crippen molar-refractivity contribution in [1.82, 2.24) is 0 Å². The molecule has 0 N–H and O–H groups in total. The molecular weight excluding hydrogens is 442 g/mol. The van der Waals surface area contributed by atoms with Gasteiger partial charge in [0.15, 0.2) is 23.3 Å². The van der Waals surface area contributed by atoms with Crippen molar-refractivity contribution in [2.45, 2.75) is 66.4 Å². The molecule has 0 aliphatic rings. The summed E-state index contributed by atoms with van der Waals surface area (Å²) in [5.41, 5.74) is -1.90. The van der Waals surface area contributed by atoms with Gasteiger partial charge in [0.25, 0.3) is 0 Å². The Kier molecular flexibility index (Phi) is 12.6. The van der Waals surface area contributed by atoms with E-state index in [1.165, 1.54) is 0 Å². The first kappa shape index (κ1) is 30.8. The average molecular weight is 479 g/mol. The van der Waals surface area contributed by atoms with Gasteiger partial charge in [0.1, 0.15) is 5.76 Å². The highest BCUT2D eigenvalue weighted by atomic mass is 19.3.